The predicted molar refractivity (Wildman–Crippen MR) is 224 cm³/mol. The molecule has 0 saturated heterocycles. The van der Waals surface area contributed by atoms with Gasteiger partial charge in [0, 0.05) is 45.8 Å². The Balaban J connectivity index is 1.19. The molecular formula is C44H42N4O5S3. The zero-order valence-electron chi connectivity index (χ0n) is 31.0. The summed E-state index contributed by atoms with van der Waals surface area (Å²) >= 11 is 2.75. The fourth-order valence-corrected chi connectivity index (χ4v) is 10.9. The van der Waals surface area contributed by atoms with Crippen LogP contribution in [0.15, 0.2) is 138 Å². The third kappa shape index (κ3) is 8.49. The molecule has 0 bridgehead atoms. The number of nitrogens with one attached hydrogen (secondary N) is 1. The summed E-state index contributed by atoms with van der Waals surface area (Å²) in [6, 6.07) is 35.2. The molecule has 7 aromatic rings. The maximum atomic E-state index is 14.6. The van der Waals surface area contributed by atoms with Crippen LogP contribution in [0.5, 0.6) is 0 Å². The highest BCUT2D eigenvalue weighted by Crippen LogP contribution is 2.36. The molecule has 1 amide bonds. The molecule has 0 aliphatic carbocycles. The van der Waals surface area contributed by atoms with Gasteiger partial charge >= 0.3 is 0 Å². The number of ketones is 1. The number of carbonyl (C=O) groups is 2. The van der Waals surface area contributed by atoms with E-state index >= 15 is 0 Å². The van der Waals surface area contributed by atoms with Gasteiger partial charge in [-0.2, -0.15) is 4.31 Å². The number of aliphatic hydroxyl groups is 1. The molecular weight excluding hydrogens is 761 g/mol. The lowest BCUT2D eigenvalue weighted by molar-refractivity contribution is -0.121. The van der Waals surface area contributed by atoms with Crippen LogP contribution in [-0.4, -0.2) is 58.7 Å². The van der Waals surface area contributed by atoms with E-state index in [0.717, 1.165) is 37.1 Å². The van der Waals surface area contributed by atoms with Gasteiger partial charge in [-0.05, 0) is 78.1 Å². The third-order valence-electron chi connectivity index (χ3n) is 9.78. The Bertz CT molecular complexity index is 2550. The van der Waals surface area contributed by atoms with Crippen LogP contribution in [0.25, 0.3) is 21.1 Å². The van der Waals surface area contributed by atoms with Gasteiger partial charge in [-0.15, -0.1) is 22.7 Å². The molecule has 9 nitrogen and oxygen atoms in total. The zero-order valence-corrected chi connectivity index (χ0v) is 33.4. The number of aromatic nitrogens is 2. The quantitative estimate of drug-likeness (QED) is 0.100. The molecule has 4 aromatic carbocycles. The van der Waals surface area contributed by atoms with Gasteiger partial charge < -0.3 is 10.4 Å². The summed E-state index contributed by atoms with van der Waals surface area (Å²) < 4.78 is 30.5. The van der Waals surface area contributed by atoms with Crippen LogP contribution in [0.1, 0.15) is 63.5 Å². The van der Waals surface area contributed by atoms with Crippen LogP contribution < -0.4 is 5.32 Å². The summed E-state index contributed by atoms with van der Waals surface area (Å²) in [4.78, 5) is 39.0. The van der Waals surface area contributed by atoms with Crippen LogP contribution >= 0.6 is 22.7 Å². The summed E-state index contributed by atoms with van der Waals surface area (Å²) in [6.07, 6.45) is 2.20. The molecule has 3 unspecified atom stereocenters. The van der Waals surface area contributed by atoms with Crippen molar-refractivity contribution in [3.8, 4) is 0 Å². The maximum Gasteiger partial charge on any atom is 0.251 e. The Morgan fingerprint density at radius 2 is 1.61 bits per heavy atom. The number of aliphatic hydroxyl groups excluding tert-OH is 1. The van der Waals surface area contributed by atoms with Crippen molar-refractivity contribution in [2.45, 2.75) is 49.6 Å². The van der Waals surface area contributed by atoms with E-state index in [1.54, 1.807) is 54.2 Å². The minimum atomic E-state index is -4.01. The standard InChI is InChI=1S/C44H42N4O5S3/c1-29(2)26-48(56(52,53)33-20-21-37-41(25-33)54-28-46-37)38(27-49)40-23-19-32(55-40)18-22-39(50)43(47-44(51)31-13-7-4-8-14-31)42(30-11-5-3-6-12-30)35-15-9-17-36-34(35)16-10-24-45-36/h3-17,19-21,23-25,28-29,38,42-43,49H,18,22,26-27H2,1-2H3,(H,47,51). The van der Waals surface area contributed by atoms with Crippen molar-refractivity contribution in [2.24, 2.45) is 5.92 Å². The number of aryl methyl sites for hydroxylation is 1. The van der Waals surface area contributed by atoms with Gasteiger partial charge in [-0.1, -0.05) is 80.6 Å². The second-order valence-corrected chi connectivity index (χ2v) is 18.0. The largest absolute Gasteiger partial charge is 0.394 e. The number of amides is 1. The number of nitrogens with zero attached hydrogens (tertiary/aromatic N) is 3. The Morgan fingerprint density at radius 1 is 0.839 bits per heavy atom. The molecule has 286 valence electrons. The van der Waals surface area contributed by atoms with E-state index in [1.165, 1.54) is 27.0 Å². The van der Waals surface area contributed by atoms with E-state index in [0.29, 0.717) is 16.9 Å². The average Bonchev–Trinajstić information content (AvgIpc) is 3.90. The number of fused-ring (bicyclic) bond motifs is 2. The average molecular weight is 803 g/mol. The fourth-order valence-electron chi connectivity index (χ4n) is 7.09. The van der Waals surface area contributed by atoms with Gasteiger partial charge in [0.05, 0.1) is 44.8 Å². The van der Waals surface area contributed by atoms with Crippen molar-refractivity contribution >= 4 is 65.5 Å². The first-order valence-corrected chi connectivity index (χ1v) is 21.6. The molecule has 0 aliphatic heterocycles. The molecule has 0 aliphatic rings. The Labute approximate surface area is 334 Å². The van der Waals surface area contributed by atoms with Crippen LogP contribution in [0.2, 0.25) is 0 Å². The summed E-state index contributed by atoms with van der Waals surface area (Å²) in [5.74, 6) is -1.05. The molecule has 3 aromatic heterocycles. The van der Waals surface area contributed by atoms with Gasteiger partial charge in [0.2, 0.25) is 10.0 Å². The molecule has 0 radical (unpaired) electrons. The van der Waals surface area contributed by atoms with Crippen molar-refractivity contribution in [3.63, 3.8) is 0 Å². The fraction of sp³-hybridized carbons (Fsp3) is 0.227. The van der Waals surface area contributed by atoms with E-state index in [-0.39, 0.29) is 35.5 Å². The molecule has 3 heterocycles. The van der Waals surface area contributed by atoms with Crippen LogP contribution in [0, 0.1) is 5.92 Å². The number of carbonyl (C=O) groups excluding carboxylic acids is 2. The van der Waals surface area contributed by atoms with Gasteiger partial charge in [0.15, 0.2) is 5.78 Å². The van der Waals surface area contributed by atoms with Crippen molar-refractivity contribution in [1.82, 2.24) is 19.6 Å². The lowest BCUT2D eigenvalue weighted by atomic mass is 9.80. The number of rotatable bonds is 16. The Morgan fingerprint density at radius 3 is 2.36 bits per heavy atom. The number of thiazole rings is 1. The highest BCUT2D eigenvalue weighted by atomic mass is 32.2. The maximum absolute atomic E-state index is 14.6. The number of hydrogen-bond acceptors (Lipinski definition) is 9. The second-order valence-electron chi connectivity index (χ2n) is 14.0. The number of pyridine rings is 1. The van der Waals surface area contributed by atoms with Crippen LogP contribution in [0.4, 0.5) is 0 Å². The van der Waals surface area contributed by atoms with E-state index in [9.17, 15) is 23.1 Å². The molecule has 0 spiro atoms. The molecule has 3 atom stereocenters. The van der Waals surface area contributed by atoms with E-state index in [2.05, 4.69) is 15.3 Å². The molecule has 56 heavy (non-hydrogen) atoms. The first-order valence-electron chi connectivity index (χ1n) is 18.5. The van der Waals surface area contributed by atoms with Gasteiger partial charge in [0.25, 0.3) is 5.91 Å². The summed E-state index contributed by atoms with van der Waals surface area (Å²) in [5, 5.41) is 14.7. The normalized spacial score (nSPS) is 13.6. The number of thiophene rings is 1. The smallest absolute Gasteiger partial charge is 0.251 e. The summed E-state index contributed by atoms with van der Waals surface area (Å²) in [6.45, 7) is 3.67. The lowest BCUT2D eigenvalue weighted by Crippen LogP contribution is -2.45. The minimum absolute atomic E-state index is 0.0129. The monoisotopic (exact) mass is 802 g/mol. The predicted octanol–water partition coefficient (Wildman–Crippen LogP) is 8.42. The summed E-state index contributed by atoms with van der Waals surface area (Å²) in [5.41, 5.74) is 5.39. The van der Waals surface area contributed by atoms with Crippen LogP contribution in [-0.2, 0) is 21.2 Å². The molecule has 2 N–H and O–H groups in total. The van der Waals surface area contributed by atoms with E-state index < -0.39 is 34.6 Å². The molecule has 7 rings (SSSR count). The van der Waals surface area contributed by atoms with Crippen molar-refractivity contribution in [2.75, 3.05) is 13.2 Å². The number of benzene rings is 4. The number of Topliss-reactive ketones (excluding diaryl/α,β-unsaturated/α-hetero) is 1. The Hall–Kier alpha value is -5.11. The third-order valence-corrected chi connectivity index (χ3v) is 13.7. The highest BCUT2D eigenvalue weighted by Gasteiger charge is 2.35. The second kappa shape index (κ2) is 17.4. The lowest BCUT2D eigenvalue weighted by Gasteiger charge is -2.30. The molecule has 0 saturated carbocycles. The first kappa shape index (κ1) is 39.1. The number of sulfonamides is 1. The zero-order chi connectivity index (χ0) is 39.2. The van der Waals surface area contributed by atoms with Crippen LogP contribution in [0.3, 0.4) is 0 Å². The van der Waals surface area contributed by atoms with E-state index in [4.69, 9.17) is 0 Å². The van der Waals surface area contributed by atoms with E-state index in [1.807, 2.05) is 92.7 Å². The number of hydrogen-bond donors (Lipinski definition) is 2. The van der Waals surface area contributed by atoms with Crippen molar-refractivity contribution in [3.05, 3.63) is 159 Å². The first-order chi connectivity index (χ1) is 27.1. The van der Waals surface area contributed by atoms with Gasteiger partial charge in [0.1, 0.15) is 0 Å². The van der Waals surface area contributed by atoms with Crippen molar-refractivity contribution in [1.29, 1.82) is 0 Å². The minimum Gasteiger partial charge on any atom is -0.394 e. The van der Waals surface area contributed by atoms with Gasteiger partial charge in [-0.3, -0.25) is 14.6 Å². The molecule has 0 fully saturated rings. The topological polar surface area (TPSA) is 130 Å². The summed E-state index contributed by atoms with van der Waals surface area (Å²) in [7, 11) is -4.01. The van der Waals surface area contributed by atoms with Crippen molar-refractivity contribution < 1.29 is 23.1 Å². The highest BCUT2D eigenvalue weighted by molar-refractivity contribution is 7.89. The SMILES string of the molecule is CC(C)CN(C(CO)c1ccc(CCC(=O)C(NC(=O)c2ccccc2)C(c2ccccc2)c2cccc3ncccc23)s1)S(=O)(=O)c1ccc2ncsc2c1. The van der Waals surface area contributed by atoms with Gasteiger partial charge in [-0.25, -0.2) is 13.4 Å². The Kier molecular flexibility index (Phi) is 12.1. The molecule has 12 heteroatoms.